The van der Waals surface area contributed by atoms with Gasteiger partial charge in [0.05, 0.1) is 18.7 Å². The number of nitrogens with zero attached hydrogens (tertiary/aromatic N) is 1. The Morgan fingerprint density at radius 3 is 2.23 bits per heavy atom. The molecule has 0 bridgehead atoms. The van der Waals surface area contributed by atoms with Crippen LogP contribution >= 0.6 is 0 Å². The topological polar surface area (TPSA) is 66.8 Å². The lowest BCUT2D eigenvalue weighted by Gasteiger charge is -2.26. The first kappa shape index (κ1) is 22.4. The quantitative estimate of drug-likeness (QED) is 0.226. The van der Waals surface area contributed by atoms with Crippen molar-refractivity contribution in [1.29, 1.82) is 0 Å². The molecule has 4 aromatic rings. The summed E-state index contributed by atoms with van der Waals surface area (Å²) < 4.78 is 5.29. The first-order valence-electron chi connectivity index (χ1n) is 11.4. The number of aryl methyl sites for hydroxylation is 2. The van der Waals surface area contributed by atoms with Gasteiger partial charge in [-0.05, 0) is 71.6 Å². The summed E-state index contributed by atoms with van der Waals surface area (Å²) in [5.41, 5.74) is 3.95. The van der Waals surface area contributed by atoms with E-state index in [0.717, 1.165) is 21.9 Å². The fraction of sp³-hybridized carbons (Fsp3) is 0.133. The molecule has 4 aromatic carbocycles. The molecule has 1 unspecified atom stereocenters. The Morgan fingerprint density at radius 1 is 0.829 bits per heavy atom. The number of ether oxygens (including phenoxy) is 1. The van der Waals surface area contributed by atoms with Gasteiger partial charge in [0.15, 0.2) is 0 Å². The number of rotatable bonds is 4. The van der Waals surface area contributed by atoms with Crippen LogP contribution in [0.3, 0.4) is 0 Å². The average molecular weight is 464 g/mol. The summed E-state index contributed by atoms with van der Waals surface area (Å²) in [5, 5.41) is 13.4. The Labute approximate surface area is 203 Å². The third-order valence-electron chi connectivity index (χ3n) is 6.67. The summed E-state index contributed by atoms with van der Waals surface area (Å²) in [7, 11) is 1.58. The lowest BCUT2D eigenvalue weighted by molar-refractivity contribution is -0.132. The van der Waals surface area contributed by atoms with Crippen LogP contribution in [0.5, 0.6) is 5.75 Å². The zero-order valence-corrected chi connectivity index (χ0v) is 19.8. The van der Waals surface area contributed by atoms with E-state index in [2.05, 4.69) is 0 Å². The molecule has 1 saturated heterocycles. The van der Waals surface area contributed by atoms with Crippen molar-refractivity contribution in [3.63, 3.8) is 0 Å². The number of fused-ring (bicyclic) bond motifs is 1. The van der Waals surface area contributed by atoms with E-state index in [1.165, 1.54) is 4.90 Å². The van der Waals surface area contributed by atoms with Gasteiger partial charge in [0.1, 0.15) is 11.5 Å². The first-order valence-corrected chi connectivity index (χ1v) is 11.4. The minimum atomic E-state index is -0.783. The van der Waals surface area contributed by atoms with E-state index in [4.69, 9.17) is 4.74 Å². The molecule has 1 aliphatic rings. The van der Waals surface area contributed by atoms with Gasteiger partial charge in [-0.2, -0.15) is 0 Å². The summed E-state index contributed by atoms with van der Waals surface area (Å²) in [6.45, 7) is 3.96. The molecule has 35 heavy (non-hydrogen) atoms. The predicted molar refractivity (Wildman–Crippen MR) is 138 cm³/mol. The third kappa shape index (κ3) is 3.85. The molecule has 5 rings (SSSR count). The van der Waals surface area contributed by atoms with Crippen molar-refractivity contribution in [3.8, 4) is 5.75 Å². The van der Waals surface area contributed by atoms with Gasteiger partial charge in [0.2, 0.25) is 0 Å². The van der Waals surface area contributed by atoms with E-state index in [9.17, 15) is 14.7 Å². The average Bonchev–Trinajstić information content (AvgIpc) is 3.15. The van der Waals surface area contributed by atoms with Crippen LogP contribution in [0.4, 0.5) is 5.69 Å². The Bertz CT molecular complexity index is 1500. The second-order valence-electron chi connectivity index (χ2n) is 8.77. The van der Waals surface area contributed by atoms with Gasteiger partial charge >= 0.3 is 0 Å². The molecular weight excluding hydrogens is 438 g/mol. The van der Waals surface area contributed by atoms with Crippen molar-refractivity contribution >= 4 is 33.9 Å². The Morgan fingerprint density at radius 2 is 1.54 bits per heavy atom. The number of anilines is 1. The normalized spacial score (nSPS) is 17.2. The molecule has 0 aliphatic carbocycles. The zero-order chi connectivity index (χ0) is 24.7. The molecule has 0 spiro atoms. The minimum Gasteiger partial charge on any atom is -0.507 e. The largest absolute Gasteiger partial charge is 0.507 e. The van der Waals surface area contributed by atoms with Gasteiger partial charge in [-0.3, -0.25) is 14.5 Å². The number of hydrogen-bond donors (Lipinski definition) is 1. The van der Waals surface area contributed by atoms with Crippen molar-refractivity contribution in [3.05, 3.63) is 113 Å². The number of Topliss-reactive ketones (excluding diaryl/α,β-unsaturated/α-hetero) is 1. The predicted octanol–water partition coefficient (Wildman–Crippen LogP) is 6.09. The zero-order valence-electron chi connectivity index (χ0n) is 19.8. The van der Waals surface area contributed by atoms with E-state index in [0.29, 0.717) is 22.6 Å². The maximum atomic E-state index is 13.4. The van der Waals surface area contributed by atoms with Crippen LogP contribution in [0.25, 0.3) is 16.5 Å². The lowest BCUT2D eigenvalue weighted by atomic mass is 9.94. The van der Waals surface area contributed by atoms with Crippen molar-refractivity contribution < 1.29 is 19.4 Å². The summed E-state index contributed by atoms with van der Waals surface area (Å²) in [6, 6.07) is 25.4. The minimum absolute atomic E-state index is 0.0636. The number of hydrogen-bond acceptors (Lipinski definition) is 4. The van der Waals surface area contributed by atoms with Gasteiger partial charge in [-0.15, -0.1) is 0 Å². The Kier molecular flexibility index (Phi) is 5.61. The molecule has 174 valence electrons. The second-order valence-corrected chi connectivity index (χ2v) is 8.77. The van der Waals surface area contributed by atoms with Crippen LogP contribution in [-0.2, 0) is 9.59 Å². The Balaban J connectivity index is 1.72. The highest BCUT2D eigenvalue weighted by atomic mass is 16.5. The summed E-state index contributed by atoms with van der Waals surface area (Å²) >= 11 is 0. The fourth-order valence-electron chi connectivity index (χ4n) is 4.57. The highest BCUT2D eigenvalue weighted by Gasteiger charge is 2.47. The van der Waals surface area contributed by atoms with Crippen molar-refractivity contribution in [2.45, 2.75) is 19.9 Å². The smallest absolute Gasteiger partial charge is 0.300 e. The summed E-state index contributed by atoms with van der Waals surface area (Å²) in [4.78, 5) is 28.2. The second kappa shape index (κ2) is 8.76. The first-order chi connectivity index (χ1) is 16.9. The SMILES string of the molecule is COc1ccc(C2/C(=C(/O)c3ccc4ccccc4c3)C(=O)C(=O)N2c2ccc(C)c(C)c2)cc1. The molecule has 0 aromatic heterocycles. The van der Waals surface area contributed by atoms with E-state index >= 15 is 0 Å². The number of aliphatic hydroxyl groups is 1. The number of carbonyl (C=O) groups is 2. The van der Waals surface area contributed by atoms with E-state index in [-0.39, 0.29) is 11.3 Å². The van der Waals surface area contributed by atoms with E-state index < -0.39 is 17.7 Å². The molecule has 0 saturated carbocycles. The number of benzene rings is 4. The van der Waals surface area contributed by atoms with Crippen molar-refractivity contribution in [2.75, 3.05) is 12.0 Å². The molecule has 1 fully saturated rings. The molecule has 1 atom stereocenters. The number of carbonyl (C=O) groups excluding carboxylic acids is 2. The van der Waals surface area contributed by atoms with Crippen LogP contribution in [-0.4, -0.2) is 23.9 Å². The maximum Gasteiger partial charge on any atom is 0.300 e. The Hall–Kier alpha value is -4.38. The van der Waals surface area contributed by atoms with Crippen molar-refractivity contribution in [1.82, 2.24) is 0 Å². The summed E-state index contributed by atoms with van der Waals surface area (Å²) in [5.74, 6) is -0.918. The molecule has 1 N–H and O–H groups in total. The lowest BCUT2D eigenvalue weighted by Crippen LogP contribution is -2.29. The van der Waals surface area contributed by atoms with Gasteiger partial charge in [0, 0.05) is 11.3 Å². The van der Waals surface area contributed by atoms with Gasteiger partial charge in [-0.1, -0.05) is 54.6 Å². The highest BCUT2D eigenvalue weighted by molar-refractivity contribution is 6.51. The van der Waals surface area contributed by atoms with Gasteiger partial charge in [-0.25, -0.2) is 0 Å². The molecule has 1 aliphatic heterocycles. The van der Waals surface area contributed by atoms with Crippen LogP contribution in [0.1, 0.15) is 28.3 Å². The van der Waals surface area contributed by atoms with E-state index in [1.54, 1.807) is 25.3 Å². The van der Waals surface area contributed by atoms with Crippen LogP contribution in [0.2, 0.25) is 0 Å². The number of ketones is 1. The van der Waals surface area contributed by atoms with Crippen molar-refractivity contribution in [2.24, 2.45) is 0 Å². The van der Waals surface area contributed by atoms with Crippen LogP contribution in [0, 0.1) is 13.8 Å². The van der Waals surface area contributed by atoms with E-state index in [1.807, 2.05) is 80.6 Å². The number of methoxy groups -OCH3 is 1. The molecule has 5 nitrogen and oxygen atoms in total. The number of amides is 1. The maximum absolute atomic E-state index is 13.4. The number of aliphatic hydroxyl groups excluding tert-OH is 1. The van der Waals surface area contributed by atoms with Gasteiger partial charge in [0.25, 0.3) is 11.7 Å². The molecule has 0 radical (unpaired) electrons. The summed E-state index contributed by atoms with van der Waals surface area (Å²) in [6.07, 6.45) is 0. The molecular formula is C30H25NO4. The third-order valence-corrected chi connectivity index (χ3v) is 6.67. The standard InChI is InChI=1S/C30H25NO4/c1-18-8-13-24(16-19(18)2)31-27(21-11-14-25(35-3)15-12-21)26(29(33)30(31)34)28(32)23-10-9-20-6-4-5-7-22(20)17-23/h4-17,27,32H,1-3H3/b28-26-. The van der Waals surface area contributed by atoms with Crippen LogP contribution in [0.15, 0.2) is 90.5 Å². The molecule has 5 heteroatoms. The van der Waals surface area contributed by atoms with Crippen LogP contribution < -0.4 is 9.64 Å². The molecule has 1 amide bonds. The fourth-order valence-corrected chi connectivity index (χ4v) is 4.57. The van der Waals surface area contributed by atoms with Gasteiger partial charge < -0.3 is 9.84 Å². The molecule has 1 heterocycles. The monoisotopic (exact) mass is 463 g/mol. The highest BCUT2D eigenvalue weighted by Crippen LogP contribution is 2.43.